The molecule has 4 aromatic heterocycles. The van der Waals surface area contributed by atoms with Gasteiger partial charge >= 0.3 is 0 Å². The number of furan rings is 3. The number of benzene rings is 10. The topological polar surface area (TPSA) is 65.2 Å². The summed E-state index contributed by atoms with van der Waals surface area (Å²) in [6, 6.07) is 80.7. The number of rotatable bonds is 7. The third kappa shape index (κ3) is 6.79. The Kier molecular flexibility index (Phi) is 8.83. The van der Waals surface area contributed by atoms with Gasteiger partial charge in [-0.15, -0.1) is 0 Å². The van der Waals surface area contributed by atoms with E-state index in [9.17, 15) is 0 Å². The van der Waals surface area contributed by atoms with Gasteiger partial charge < -0.3 is 13.3 Å². The van der Waals surface area contributed by atoms with Crippen LogP contribution in [0.3, 0.4) is 0 Å². The molecular formula is C64H38N2O3. The Morgan fingerprint density at radius 3 is 0.957 bits per heavy atom. The van der Waals surface area contributed by atoms with E-state index in [-0.39, 0.29) is 0 Å². The van der Waals surface area contributed by atoms with Gasteiger partial charge in [0.25, 0.3) is 0 Å². The van der Waals surface area contributed by atoms with Gasteiger partial charge in [-0.25, -0.2) is 9.97 Å². The molecule has 0 aliphatic heterocycles. The fourth-order valence-electron chi connectivity index (χ4n) is 9.97. The predicted octanol–water partition coefficient (Wildman–Crippen LogP) is 17.8. The Morgan fingerprint density at radius 1 is 0.203 bits per heavy atom. The Bertz CT molecular complexity index is 4160. The molecule has 0 radical (unpaired) electrons. The van der Waals surface area contributed by atoms with Crippen molar-refractivity contribution in [2.24, 2.45) is 0 Å². The van der Waals surface area contributed by atoms with Crippen molar-refractivity contribution in [3.05, 3.63) is 231 Å². The van der Waals surface area contributed by atoms with Crippen molar-refractivity contribution < 1.29 is 13.3 Å². The van der Waals surface area contributed by atoms with E-state index in [0.29, 0.717) is 5.82 Å². The zero-order valence-corrected chi connectivity index (χ0v) is 37.1. The molecule has 322 valence electrons. The van der Waals surface area contributed by atoms with E-state index in [0.717, 1.165) is 138 Å². The smallest absolute Gasteiger partial charge is 0.160 e. The summed E-state index contributed by atoms with van der Waals surface area (Å²) in [5, 5.41) is 6.65. The van der Waals surface area contributed by atoms with Crippen molar-refractivity contribution in [2.45, 2.75) is 0 Å². The van der Waals surface area contributed by atoms with Crippen LogP contribution in [0.25, 0.3) is 144 Å². The lowest BCUT2D eigenvalue weighted by atomic mass is 9.92. The minimum absolute atomic E-state index is 0.677. The minimum Gasteiger partial charge on any atom is -0.456 e. The highest BCUT2D eigenvalue weighted by Gasteiger charge is 2.16. The lowest BCUT2D eigenvalue weighted by Crippen LogP contribution is -1.96. The van der Waals surface area contributed by atoms with Gasteiger partial charge in [-0.2, -0.15) is 0 Å². The monoisotopic (exact) mass is 882 g/mol. The first-order valence-corrected chi connectivity index (χ1v) is 23.2. The summed E-state index contributed by atoms with van der Waals surface area (Å²) < 4.78 is 18.6. The molecule has 10 aromatic carbocycles. The van der Waals surface area contributed by atoms with Gasteiger partial charge in [-0.05, 0) is 123 Å². The van der Waals surface area contributed by atoms with Crippen molar-refractivity contribution in [3.8, 4) is 78.4 Å². The molecule has 69 heavy (non-hydrogen) atoms. The molecule has 0 bridgehead atoms. The molecule has 0 spiro atoms. The van der Waals surface area contributed by atoms with Crippen molar-refractivity contribution in [1.82, 2.24) is 9.97 Å². The van der Waals surface area contributed by atoms with Crippen LogP contribution in [0.4, 0.5) is 0 Å². The fraction of sp³-hybridized carbons (Fsp3) is 0. The van der Waals surface area contributed by atoms with Crippen LogP contribution in [-0.2, 0) is 0 Å². The van der Waals surface area contributed by atoms with Gasteiger partial charge in [0.1, 0.15) is 33.5 Å². The molecule has 14 rings (SSSR count). The number of aromatic nitrogens is 2. The molecule has 0 saturated carbocycles. The third-order valence-corrected chi connectivity index (χ3v) is 13.5. The van der Waals surface area contributed by atoms with Crippen LogP contribution < -0.4 is 0 Å². The molecule has 5 heteroatoms. The summed E-state index contributed by atoms with van der Waals surface area (Å²) in [4.78, 5) is 10.3. The number of nitrogens with zero attached hydrogens (tertiary/aromatic N) is 2. The molecule has 5 nitrogen and oxygen atoms in total. The van der Waals surface area contributed by atoms with E-state index in [1.807, 2.05) is 54.6 Å². The summed E-state index contributed by atoms with van der Waals surface area (Å²) in [6.07, 6.45) is 0. The van der Waals surface area contributed by atoms with Gasteiger partial charge in [0.2, 0.25) is 0 Å². The molecule has 4 heterocycles. The van der Waals surface area contributed by atoms with Crippen molar-refractivity contribution >= 4 is 65.8 Å². The Balaban J connectivity index is 0.852. The number of fused-ring (bicyclic) bond motifs is 9. The van der Waals surface area contributed by atoms with Gasteiger partial charge in [0, 0.05) is 49.0 Å². The van der Waals surface area contributed by atoms with Crippen LogP contribution in [0.1, 0.15) is 0 Å². The zero-order chi connectivity index (χ0) is 45.4. The van der Waals surface area contributed by atoms with E-state index >= 15 is 0 Å². The average Bonchev–Trinajstić information content (AvgIpc) is 4.11. The quantitative estimate of drug-likeness (QED) is 0.160. The number of para-hydroxylation sites is 3. The van der Waals surface area contributed by atoms with Crippen LogP contribution in [0, 0.1) is 0 Å². The molecule has 0 atom stereocenters. The SMILES string of the molecule is c1ccc(-c2nc(-c3ccc(-c4cc(-c5ccc6oc7ccccc7c6c5)cc(-c5ccc6oc7ccccc7c6c5)c4)cc3)cc(-c3ccc(-c4ccc5oc6ccccc6c5c4)cc3)n2)cc1. The van der Waals surface area contributed by atoms with Crippen LogP contribution in [0.15, 0.2) is 244 Å². The normalized spacial score (nSPS) is 11.8. The lowest BCUT2D eigenvalue weighted by molar-refractivity contribution is 0.668. The highest BCUT2D eigenvalue weighted by Crippen LogP contribution is 2.40. The van der Waals surface area contributed by atoms with Crippen LogP contribution in [-0.4, -0.2) is 9.97 Å². The second kappa shape index (κ2) is 15.7. The molecule has 0 aliphatic rings. The van der Waals surface area contributed by atoms with Crippen LogP contribution in [0.5, 0.6) is 0 Å². The minimum atomic E-state index is 0.677. The largest absolute Gasteiger partial charge is 0.456 e. The molecule has 0 fully saturated rings. The van der Waals surface area contributed by atoms with Crippen LogP contribution >= 0.6 is 0 Å². The molecule has 0 unspecified atom stereocenters. The van der Waals surface area contributed by atoms with E-state index in [1.165, 1.54) is 0 Å². The third-order valence-electron chi connectivity index (χ3n) is 13.5. The van der Waals surface area contributed by atoms with Gasteiger partial charge in [-0.1, -0.05) is 152 Å². The molecule has 0 saturated heterocycles. The maximum atomic E-state index is 6.23. The fourth-order valence-corrected chi connectivity index (χ4v) is 9.97. The second-order valence-corrected chi connectivity index (χ2v) is 17.7. The molecule has 0 amide bonds. The van der Waals surface area contributed by atoms with Crippen molar-refractivity contribution in [2.75, 3.05) is 0 Å². The summed E-state index contributed by atoms with van der Waals surface area (Å²) in [6.45, 7) is 0. The first kappa shape index (κ1) is 38.9. The molecule has 0 N–H and O–H groups in total. The first-order valence-electron chi connectivity index (χ1n) is 23.2. The lowest BCUT2D eigenvalue weighted by Gasteiger charge is -2.13. The summed E-state index contributed by atoms with van der Waals surface area (Å²) in [7, 11) is 0. The average molecular weight is 883 g/mol. The maximum Gasteiger partial charge on any atom is 0.160 e. The van der Waals surface area contributed by atoms with Crippen molar-refractivity contribution in [1.29, 1.82) is 0 Å². The van der Waals surface area contributed by atoms with Gasteiger partial charge in [-0.3, -0.25) is 0 Å². The standard InChI is InChI=1S/C64H38N2O3/c1-2-10-43(11-3-1)64-65-56(41-22-18-39(19-23-41)44-26-29-61-53(35-44)50-12-4-7-15-58(50)67-61)38-57(66-64)42-24-20-40(21-25-42)47-32-48(45-27-30-62-54(36-45)51-13-5-8-16-59(51)68-62)34-49(33-47)46-28-31-63-55(37-46)52-14-6-9-17-60(52)69-63/h1-38H. The zero-order valence-electron chi connectivity index (χ0n) is 37.1. The molecule has 14 aromatic rings. The Morgan fingerprint density at radius 2 is 0.522 bits per heavy atom. The van der Waals surface area contributed by atoms with Gasteiger partial charge in [0.05, 0.1) is 11.4 Å². The highest BCUT2D eigenvalue weighted by molar-refractivity contribution is 6.08. The van der Waals surface area contributed by atoms with E-state index in [1.54, 1.807) is 0 Å². The number of hydrogen-bond acceptors (Lipinski definition) is 5. The summed E-state index contributed by atoms with van der Waals surface area (Å²) >= 11 is 0. The summed E-state index contributed by atoms with van der Waals surface area (Å²) in [5.41, 5.74) is 18.9. The Hall–Kier alpha value is -9.32. The predicted molar refractivity (Wildman–Crippen MR) is 282 cm³/mol. The molecule has 0 aliphatic carbocycles. The first-order chi connectivity index (χ1) is 34.1. The van der Waals surface area contributed by atoms with Crippen molar-refractivity contribution in [3.63, 3.8) is 0 Å². The van der Waals surface area contributed by atoms with Gasteiger partial charge in [0.15, 0.2) is 5.82 Å². The number of hydrogen-bond donors (Lipinski definition) is 0. The van der Waals surface area contributed by atoms with E-state index < -0.39 is 0 Å². The Labute approximate surface area is 396 Å². The van der Waals surface area contributed by atoms with E-state index in [4.69, 9.17) is 23.2 Å². The second-order valence-electron chi connectivity index (χ2n) is 17.7. The highest BCUT2D eigenvalue weighted by atomic mass is 16.3. The molecular weight excluding hydrogens is 845 g/mol. The summed E-state index contributed by atoms with van der Waals surface area (Å²) in [5.74, 6) is 0.677. The maximum absolute atomic E-state index is 6.23. The van der Waals surface area contributed by atoms with E-state index in [2.05, 4.69) is 176 Å². The van der Waals surface area contributed by atoms with Crippen LogP contribution in [0.2, 0.25) is 0 Å².